The molecule has 4 nitrogen and oxygen atoms in total. The van der Waals surface area contributed by atoms with Crippen molar-refractivity contribution >= 4 is 11.8 Å². The Hall–Kier alpha value is -1.59. The molecule has 2 aliphatic heterocycles. The summed E-state index contributed by atoms with van der Waals surface area (Å²) < 4.78 is 6.45. The van der Waals surface area contributed by atoms with E-state index < -0.39 is 0 Å². The third-order valence-electron chi connectivity index (χ3n) is 4.26. The third kappa shape index (κ3) is 2.96. The van der Waals surface area contributed by atoms with Crippen molar-refractivity contribution in [3.63, 3.8) is 0 Å². The first-order valence-electron chi connectivity index (χ1n) is 7.63. The van der Waals surface area contributed by atoms with Gasteiger partial charge in [0.2, 0.25) is 0 Å². The quantitative estimate of drug-likeness (QED) is 0.867. The van der Waals surface area contributed by atoms with Gasteiger partial charge >= 0.3 is 0 Å². The molecule has 5 heteroatoms. The predicted molar refractivity (Wildman–Crippen MR) is 88.0 cm³/mol. The maximum absolute atomic E-state index is 6.05. The lowest BCUT2D eigenvalue weighted by Crippen LogP contribution is -2.58. The first-order valence-corrected chi connectivity index (χ1v) is 8.62. The predicted octanol–water partition coefficient (Wildman–Crippen LogP) is 2.62. The topological polar surface area (TPSA) is 38.2 Å². The first-order chi connectivity index (χ1) is 10.8. The molecule has 2 aromatic heterocycles. The molecule has 2 saturated heterocycles. The number of hydrogen-bond donors (Lipinski definition) is 0. The van der Waals surface area contributed by atoms with Crippen LogP contribution in [0.5, 0.6) is 5.75 Å². The van der Waals surface area contributed by atoms with Crippen molar-refractivity contribution in [1.29, 1.82) is 0 Å². The van der Waals surface area contributed by atoms with E-state index in [2.05, 4.69) is 32.7 Å². The van der Waals surface area contributed by atoms with Crippen LogP contribution in [0.2, 0.25) is 0 Å². The molecule has 0 aromatic carbocycles. The molecular weight excluding hydrogens is 294 g/mol. The van der Waals surface area contributed by atoms with E-state index in [0.29, 0.717) is 10.9 Å². The molecule has 1 spiro atoms. The number of ether oxygens (including phenoxy) is 1. The summed E-state index contributed by atoms with van der Waals surface area (Å²) in [6, 6.07) is 8.06. The van der Waals surface area contributed by atoms with Gasteiger partial charge in [0.15, 0.2) is 0 Å². The van der Waals surface area contributed by atoms with Gasteiger partial charge in [-0.2, -0.15) is 0 Å². The van der Waals surface area contributed by atoms with Crippen LogP contribution in [0.1, 0.15) is 12.0 Å². The Balaban J connectivity index is 1.29. The zero-order valence-corrected chi connectivity index (χ0v) is 13.2. The Labute approximate surface area is 134 Å². The summed E-state index contributed by atoms with van der Waals surface area (Å²) >= 11 is 2.07. The van der Waals surface area contributed by atoms with Crippen LogP contribution >= 0.6 is 11.8 Å². The molecule has 22 heavy (non-hydrogen) atoms. The second-order valence-corrected chi connectivity index (χ2v) is 7.62. The Kier molecular flexibility index (Phi) is 3.76. The SMILES string of the molecule is c1cncc(CN2CC3(C[C@@H](Oc4cccnc4)CS3)C2)c1. The Morgan fingerprint density at radius 1 is 1.18 bits per heavy atom. The fraction of sp³-hybridized carbons (Fsp3) is 0.412. The van der Waals surface area contributed by atoms with Gasteiger partial charge in [-0.1, -0.05) is 6.07 Å². The molecule has 2 aromatic rings. The third-order valence-corrected chi connectivity index (χ3v) is 5.84. The van der Waals surface area contributed by atoms with Crippen molar-refractivity contribution in [1.82, 2.24) is 14.9 Å². The van der Waals surface area contributed by atoms with Crippen molar-refractivity contribution in [3.05, 3.63) is 54.6 Å². The highest BCUT2D eigenvalue weighted by Crippen LogP contribution is 2.46. The summed E-state index contributed by atoms with van der Waals surface area (Å²) in [5.41, 5.74) is 1.29. The van der Waals surface area contributed by atoms with Gasteiger partial charge in [0.25, 0.3) is 0 Å². The zero-order chi connectivity index (χ0) is 14.8. The Morgan fingerprint density at radius 2 is 2.00 bits per heavy atom. The van der Waals surface area contributed by atoms with Gasteiger partial charge in [0, 0.05) is 55.1 Å². The van der Waals surface area contributed by atoms with Gasteiger partial charge in [-0.05, 0) is 23.8 Å². The highest BCUT2D eigenvalue weighted by molar-refractivity contribution is 8.01. The molecule has 114 valence electrons. The van der Waals surface area contributed by atoms with Gasteiger partial charge in [0.05, 0.1) is 6.20 Å². The summed E-state index contributed by atoms with van der Waals surface area (Å²) in [6.45, 7) is 3.31. The monoisotopic (exact) mass is 313 g/mol. The maximum atomic E-state index is 6.05. The molecule has 0 N–H and O–H groups in total. The molecule has 4 heterocycles. The number of hydrogen-bond acceptors (Lipinski definition) is 5. The number of thioether (sulfide) groups is 1. The summed E-state index contributed by atoms with van der Waals surface area (Å²) in [4.78, 5) is 10.8. The molecule has 4 rings (SSSR count). The highest BCUT2D eigenvalue weighted by atomic mass is 32.2. The lowest BCUT2D eigenvalue weighted by molar-refractivity contribution is 0.0919. The van der Waals surface area contributed by atoms with Crippen LogP contribution in [0.4, 0.5) is 0 Å². The van der Waals surface area contributed by atoms with E-state index in [4.69, 9.17) is 4.74 Å². The Bertz CT molecular complexity index is 616. The van der Waals surface area contributed by atoms with E-state index in [1.165, 1.54) is 5.56 Å². The largest absolute Gasteiger partial charge is 0.488 e. The summed E-state index contributed by atoms with van der Waals surface area (Å²) in [7, 11) is 0. The van der Waals surface area contributed by atoms with Crippen molar-refractivity contribution in [2.75, 3.05) is 18.8 Å². The molecule has 0 amide bonds. The van der Waals surface area contributed by atoms with Crippen molar-refractivity contribution in [2.24, 2.45) is 0 Å². The van der Waals surface area contributed by atoms with E-state index >= 15 is 0 Å². The van der Waals surface area contributed by atoms with Crippen molar-refractivity contribution in [3.8, 4) is 5.75 Å². The molecule has 0 unspecified atom stereocenters. The average molecular weight is 313 g/mol. The highest BCUT2D eigenvalue weighted by Gasteiger charge is 2.49. The van der Waals surface area contributed by atoms with Crippen LogP contribution in [-0.4, -0.2) is 44.6 Å². The van der Waals surface area contributed by atoms with Crippen LogP contribution in [0.25, 0.3) is 0 Å². The molecule has 0 radical (unpaired) electrons. The van der Waals surface area contributed by atoms with Gasteiger partial charge in [-0.15, -0.1) is 11.8 Å². The van der Waals surface area contributed by atoms with Gasteiger partial charge in [0.1, 0.15) is 11.9 Å². The minimum Gasteiger partial charge on any atom is -0.488 e. The summed E-state index contributed by atoms with van der Waals surface area (Å²) in [6.07, 6.45) is 8.81. The molecule has 0 saturated carbocycles. The molecule has 2 fully saturated rings. The van der Waals surface area contributed by atoms with Crippen LogP contribution in [-0.2, 0) is 6.54 Å². The number of likely N-dealkylation sites (tertiary alicyclic amines) is 1. The van der Waals surface area contributed by atoms with Crippen molar-refractivity contribution < 1.29 is 4.74 Å². The van der Waals surface area contributed by atoms with Gasteiger partial charge < -0.3 is 4.74 Å². The van der Waals surface area contributed by atoms with Gasteiger partial charge in [-0.25, -0.2) is 0 Å². The summed E-state index contributed by atoms with van der Waals surface area (Å²) in [5.74, 6) is 1.96. The average Bonchev–Trinajstić information content (AvgIpc) is 2.93. The minimum absolute atomic E-state index is 0.315. The number of aromatic nitrogens is 2. The van der Waals surface area contributed by atoms with E-state index in [0.717, 1.165) is 37.6 Å². The molecule has 2 aliphatic rings. The maximum Gasteiger partial charge on any atom is 0.138 e. The molecular formula is C17H19N3OS. The van der Waals surface area contributed by atoms with E-state index in [1.54, 1.807) is 12.4 Å². The number of nitrogens with zero attached hydrogens (tertiary/aromatic N) is 3. The standard InChI is InChI=1S/C17H19N3OS/c1-3-14(8-18-5-1)10-20-12-17(13-20)7-16(11-22-17)21-15-4-2-6-19-9-15/h1-6,8-9,16H,7,10-13H2/t16-/m1/s1. The zero-order valence-electron chi connectivity index (χ0n) is 12.4. The lowest BCUT2D eigenvalue weighted by Gasteiger charge is -2.47. The number of pyridine rings is 2. The minimum atomic E-state index is 0.315. The fourth-order valence-electron chi connectivity index (χ4n) is 3.34. The smallest absolute Gasteiger partial charge is 0.138 e. The molecule has 1 atom stereocenters. The van der Waals surface area contributed by atoms with Crippen LogP contribution in [0.3, 0.4) is 0 Å². The normalized spacial score (nSPS) is 23.4. The Morgan fingerprint density at radius 3 is 2.73 bits per heavy atom. The van der Waals surface area contributed by atoms with Gasteiger partial charge in [-0.3, -0.25) is 14.9 Å². The van der Waals surface area contributed by atoms with Crippen LogP contribution in [0.15, 0.2) is 49.1 Å². The van der Waals surface area contributed by atoms with Crippen molar-refractivity contribution in [2.45, 2.75) is 23.8 Å². The first kappa shape index (κ1) is 14.0. The second-order valence-electron chi connectivity index (χ2n) is 6.13. The van der Waals surface area contributed by atoms with Crippen LogP contribution in [0, 0.1) is 0 Å². The van der Waals surface area contributed by atoms with E-state index in [1.807, 2.05) is 30.6 Å². The number of rotatable bonds is 4. The lowest BCUT2D eigenvalue weighted by atomic mass is 9.92. The van der Waals surface area contributed by atoms with E-state index in [-0.39, 0.29) is 0 Å². The van der Waals surface area contributed by atoms with Crippen LogP contribution < -0.4 is 4.74 Å². The second kappa shape index (κ2) is 5.89. The fourth-order valence-corrected chi connectivity index (χ4v) is 4.92. The van der Waals surface area contributed by atoms with E-state index in [9.17, 15) is 0 Å². The molecule has 0 bridgehead atoms. The summed E-state index contributed by atoms with van der Waals surface area (Å²) in [5, 5.41) is 0. The molecule has 0 aliphatic carbocycles.